The first-order valence-electron chi connectivity index (χ1n) is 6.22. The number of rotatable bonds is 3. The zero-order valence-corrected chi connectivity index (χ0v) is 11.0. The van der Waals surface area contributed by atoms with E-state index in [2.05, 4.69) is 24.5 Å². The Balaban J connectivity index is 2.04. The number of aliphatic hydroxyl groups excluding tert-OH is 1. The van der Waals surface area contributed by atoms with Gasteiger partial charge in [-0.05, 0) is 24.6 Å². The van der Waals surface area contributed by atoms with Crippen molar-refractivity contribution in [3.05, 3.63) is 24.3 Å². The monoisotopic (exact) mass is 248 g/mol. The minimum Gasteiger partial charge on any atom is -0.392 e. The topological polar surface area (TPSA) is 61.4 Å². The third-order valence-corrected chi connectivity index (χ3v) is 3.74. The van der Waals surface area contributed by atoms with Crippen LogP contribution in [-0.4, -0.2) is 23.2 Å². The second kappa shape index (κ2) is 4.61. The average molecular weight is 248 g/mol. The lowest BCUT2D eigenvalue weighted by atomic mass is 9.64. The molecule has 2 rings (SSSR count). The van der Waals surface area contributed by atoms with Gasteiger partial charge in [0.05, 0.1) is 6.10 Å². The summed E-state index contributed by atoms with van der Waals surface area (Å²) in [4.78, 5) is 11.0. The van der Waals surface area contributed by atoms with Crippen molar-refractivity contribution in [3.63, 3.8) is 0 Å². The Labute approximate surface area is 107 Å². The molecule has 0 saturated heterocycles. The number of nitrogens with one attached hydrogen (secondary N) is 2. The molecular weight excluding hydrogens is 228 g/mol. The summed E-state index contributed by atoms with van der Waals surface area (Å²) < 4.78 is 0. The number of amides is 1. The maximum atomic E-state index is 11.0. The molecule has 0 heterocycles. The summed E-state index contributed by atoms with van der Waals surface area (Å²) in [6.07, 6.45) is 0.519. The second-order valence-electron chi connectivity index (χ2n) is 5.53. The lowest BCUT2D eigenvalue weighted by molar-refractivity contribution is -0.114. The zero-order chi connectivity index (χ0) is 13.3. The number of carbonyl (C=O) groups excluding carboxylic acids is 1. The van der Waals surface area contributed by atoms with Gasteiger partial charge in [-0.15, -0.1) is 0 Å². The fraction of sp³-hybridized carbons (Fsp3) is 0.500. The van der Waals surface area contributed by atoms with Crippen molar-refractivity contribution in [2.75, 3.05) is 10.6 Å². The summed E-state index contributed by atoms with van der Waals surface area (Å²) >= 11 is 0. The maximum absolute atomic E-state index is 11.0. The Morgan fingerprint density at radius 3 is 2.61 bits per heavy atom. The van der Waals surface area contributed by atoms with Crippen LogP contribution in [0.2, 0.25) is 0 Å². The molecule has 1 saturated carbocycles. The smallest absolute Gasteiger partial charge is 0.221 e. The number of benzene rings is 1. The SMILES string of the molecule is CC(=O)Nc1cccc(NC2CC(O)C2(C)C)c1. The third kappa shape index (κ3) is 2.48. The van der Waals surface area contributed by atoms with Gasteiger partial charge >= 0.3 is 0 Å². The van der Waals surface area contributed by atoms with Gasteiger partial charge in [-0.1, -0.05) is 19.9 Å². The zero-order valence-electron chi connectivity index (χ0n) is 11.0. The molecule has 1 aliphatic rings. The van der Waals surface area contributed by atoms with Crippen LogP contribution in [-0.2, 0) is 4.79 Å². The normalized spacial score (nSPS) is 25.1. The van der Waals surface area contributed by atoms with E-state index in [-0.39, 0.29) is 23.5 Å². The lowest BCUT2D eigenvalue weighted by Gasteiger charge is -2.49. The summed E-state index contributed by atoms with van der Waals surface area (Å²) in [6, 6.07) is 7.89. The fourth-order valence-electron chi connectivity index (χ4n) is 2.24. The number of carbonyl (C=O) groups is 1. The van der Waals surface area contributed by atoms with Gasteiger partial charge in [0.2, 0.25) is 5.91 Å². The molecule has 1 aromatic rings. The van der Waals surface area contributed by atoms with Crippen molar-refractivity contribution < 1.29 is 9.90 Å². The van der Waals surface area contributed by atoms with E-state index < -0.39 is 0 Å². The summed E-state index contributed by atoms with van der Waals surface area (Å²) in [5.41, 5.74) is 1.64. The van der Waals surface area contributed by atoms with Crippen LogP contribution >= 0.6 is 0 Å². The predicted octanol–water partition coefficient (Wildman–Crippen LogP) is 2.22. The van der Waals surface area contributed by atoms with E-state index in [9.17, 15) is 9.90 Å². The molecule has 0 radical (unpaired) electrons. The molecular formula is C14H20N2O2. The molecule has 1 fully saturated rings. The Kier molecular flexibility index (Phi) is 3.30. The quantitative estimate of drug-likeness (QED) is 0.768. The van der Waals surface area contributed by atoms with E-state index in [0.717, 1.165) is 17.8 Å². The number of hydrogen-bond acceptors (Lipinski definition) is 3. The van der Waals surface area contributed by atoms with Gasteiger partial charge in [-0.25, -0.2) is 0 Å². The fourth-order valence-corrected chi connectivity index (χ4v) is 2.24. The summed E-state index contributed by atoms with van der Waals surface area (Å²) in [5.74, 6) is -0.0773. The van der Waals surface area contributed by atoms with Gasteiger partial charge < -0.3 is 15.7 Å². The van der Waals surface area contributed by atoms with Crippen LogP contribution in [0.5, 0.6) is 0 Å². The molecule has 0 bridgehead atoms. The molecule has 4 nitrogen and oxygen atoms in total. The van der Waals surface area contributed by atoms with Gasteiger partial charge in [-0.2, -0.15) is 0 Å². The molecule has 2 atom stereocenters. The Morgan fingerprint density at radius 1 is 1.39 bits per heavy atom. The minimum absolute atomic E-state index is 0.0773. The van der Waals surface area contributed by atoms with Gasteiger partial charge in [0, 0.05) is 29.8 Å². The van der Waals surface area contributed by atoms with Crippen molar-refractivity contribution in [2.45, 2.75) is 39.3 Å². The number of hydrogen-bond donors (Lipinski definition) is 3. The maximum Gasteiger partial charge on any atom is 0.221 e. The van der Waals surface area contributed by atoms with E-state index in [1.54, 1.807) is 0 Å². The highest BCUT2D eigenvalue weighted by molar-refractivity contribution is 5.89. The molecule has 1 aliphatic carbocycles. The first-order valence-corrected chi connectivity index (χ1v) is 6.22. The van der Waals surface area contributed by atoms with E-state index in [0.29, 0.717) is 0 Å². The van der Waals surface area contributed by atoms with Crippen molar-refractivity contribution in [3.8, 4) is 0 Å². The van der Waals surface area contributed by atoms with E-state index in [1.807, 2.05) is 24.3 Å². The summed E-state index contributed by atoms with van der Waals surface area (Å²) in [5, 5.41) is 15.9. The first kappa shape index (κ1) is 12.9. The molecule has 3 N–H and O–H groups in total. The van der Waals surface area contributed by atoms with E-state index in [1.165, 1.54) is 6.92 Å². The minimum atomic E-state index is -0.242. The molecule has 1 amide bonds. The summed E-state index contributed by atoms with van der Waals surface area (Å²) in [7, 11) is 0. The molecule has 2 unspecified atom stereocenters. The molecule has 4 heteroatoms. The van der Waals surface area contributed by atoms with Crippen molar-refractivity contribution in [2.24, 2.45) is 5.41 Å². The van der Waals surface area contributed by atoms with Gasteiger partial charge in [0.25, 0.3) is 0 Å². The van der Waals surface area contributed by atoms with Crippen LogP contribution in [0.15, 0.2) is 24.3 Å². The van der Waals surface area contributed by atoms with Crippen LogP contribution < -0.4 is 10.6 Å². The van der Waals surface area contributed by atoms with Gasteiger partial charge in [-0.3, -0.25) is 4.79 Å². The Hall–Kier alpha value is -1.55. The highest BCUT2D eigenvalue weighted by Gasteiger charge is 2.47. The summed E-state index contributed by atoms with van der Waals surface area (Å²) in [6.45, 7) is 5.60. The predicted molar refractivity (Wildman–Crippen MR) is 72.6 cm³/mol. The average Bonchev–Trinajstić information content (AvgIpc) is 2.28. The first-order chi connectivity index (χ1) is 8.39. The standard InChI is InChI=1S/C14H20N2O2/c1-9(17)15-10-5-4-6-11(7-10)16-12-8-13(18)14(12,2)3/h4-7,12-13,16,18H,8H2,1-3H3,(H,15,17). The number of anilines is 2. The molecule has 0 aliphatic heterocycles. The van der Waals surface area contributed by atoms with Crippen LogP contribution in [0.1, 0.15) is 27.2 Å². The number of aliphatic hydroxyl groups is 1. The second-order valence-corrected chi connectivity index (χ2v) is 5.53. The van der Waals surface area contributed by atoms with E-state index >= 15 is 0 Å². The van der Waals surface area contributed by atoms with Gasteiger partial charge in [0.15, 0.2) is 0 Å². The van der Waals surface area contributed by atoms with Crippen LogP contribution in [0.4, 0.5) is 11.4 Å². The van der Waals surface area contributed by atoms with Crippen molar-refractivity contribution in [1.29, 1.82) is 0 Å². The van der Waals surface area contributed by atoms with Crippen LogP contribution in [0.3, 0.4) is 0 Å². The van der Waals surface area contributed by atoms with Crippen molar-refractivity contribution >= 4 is 17.3 Å². The van der Waals surface area contributed by atoms with Crippen LogP contribution in [0.25, 0.3) is 0 Å². The van der Waals surface area contributed by atoms with E-state index in [4.69, 9.17) is 0 Å². The highest BCUT2D eigenvalue weighted by atomic mass is 16.3. The Morgan fingerprint density at radius 2 is 2.06 bits per heavy atom. The molecule has 0 aromatic heterocycles. The third-order valence-electron chi connectivity index (χ3n) is 3.74. The molecule has 98 valence electrons. The Bertz CT molecular complexity index is 457. The molecule has 18 heavy (non-hydrogen) atoms. The molecule has 1 aromatic carbocycles. The largest absolute Gasteiger partial charge is 0.392 e. The van der Waals surface area contributed by atoms with Gasteiger partial charge in [0.1, 0.15) is 0 Å². The van der Waals surface area contributed by atoms with Crippen LogP contribution in [0, 0.1) is 5.41 Å². The molecule has 0 spiro atoms. The van der Waals surface area contributed by atoms with Crippen molar-refractivity contribution in [1.82, 2.24) is 0 Å². The lowest BCUT2D eigenvalue weighted by Crippen LogP contribution is -2.56. The highest BCUT2D eigenvalue weighted by Crippen LogP contribution is 2.42.